The summed E-state index contributed by atoms with van der Waals surface area (Å²) in [4.78, 5) is 39.2. The van der Waals surface area contributed by atoms with Crippen LogP contribution in [0.1, 0.15) is 24.8 Å². The molecule has 1 saturated heterocycles. The molecule has 1 aromatic rings. The Bertz CT molecular complexity index is 606. The minimum Gasteiger partial charge on any atom is -0.468 e. The van der Waals surface area contributed by atoms with Gasteiger partial charge in [-0.1, -0.05) is 30.3 Å². The molecule has 0 bridgehead atoms. The van der Waals surface area contributed by atoms with Crippen molar-refractivity contribution in [2.45, 2.75) is 31.8 Å². The lowest BCUT2D eigenvalue weighted by atomic mass is 10.2. The average Bonchev–Trinajstić information content (AvgIpc) is 3.06. The Morgan fingerprint density at radius 2 is 2.00 bits per heavy atom. The number of carbonyl (C=O) groups excluding carboxylic acids is 3. The summed E-state index contributed by atoms with van der Waals surface area (Å²) < 4.78 is 4.81. The van der Waals surface area contributed by atoms with Gasteiger partial charge in [-0.2, -0.15) is 0 Å². The summed E-state index contributed by atoms with van der Waals surface area (Å²) in [5, 5.41) is 0. The van der Waals surface area contributed by atoms with Crippen LogP contribution in [-0.4, -0.2) is 60.4 Å². The Labute approximate surface area is 147 Å². The number of carbonyl (C=O) groups is 3. The highest BCUT2D eigenvalue weighted by atomic mass is 16.5. The molecule has 2 N–H and O–H groups in total. The highest BCUT2D eigenvalue weighted by molar-refractivity contribution is 5.81. The molecule has 1 atom stereocenters. The number of nitrogens with zero attached hydrogens (tertiary/aromatic N) is 2. The van der Waals surface area contributed by atoms with Crippen LogP contribution in [0.4, 0.5) is 0 Å². The number of esters is 1. The van der Waals surface area contributed by atoms with Crippen LogP contribution in [0.25, 0.3) is 0 Å². The number of methoxy groups -OCH3 is 1. The Morgan fingerprint density at radius 1 is 1.28 bits per heavy atom. The Hall–Kier alpha value is -2.41. The summed E-state index contributed by atoms with van der Waals surface area (Å²) in [6, 6.07) is 9.20. The van der Waals surface area contributed by atoms with Gasteiger partial charge in [0, 0.05) is 19.5 Å². The predicted octanol–water partition coefficient (Wildman–Crippen LogP) is 0.528. The first-order valence-corrected chi connectivity index (χ1v) is 8.43. The molecule has 1 fully saturated rings. The third kappa shape index (κ3) is 5.56. The molecular weight excluding hydrogens is 322 g/mol. The van der Waals surface area contributed by atoms with Crippen LogP contribution in [-0.2, 0) is 25.7 Å². The summed E-state index contributed by atoms with van der Waals surface area (Å²) in [7, 11) is 1.36. The number of nitrogens with two attached hydrogens (primary N) is 1. The van der Waals surface area contributed by atoms with Gasteiger partial charge in [-0.3, -0.25) is 19.3 Å². The van der Waals surface area contributed by atoms with E-state index in [-0.39, 0.29) is 37.4 Å². The second kappa shape index (κ2) is 9.17. The molecule has 1 aromatic carbocycles. The second-order valence-corrected chi connectivity index (χ2v) is 6.17. The highest BCUT2D eigenvalue weighted by Gasteiger charge is 2.33. The number of ether oxygens (including phenoxy) is 1. The van der Waals surface area contributed by atoms with E-state index < -0.39 is 5.91 Å². The van der Waals surface area contributed by atoms with E-state index in [4.69, 9.17) is 10.5 Å². The van der Waals surface area contributed by atoms with Crippen molar-refractivity contribution in [3.05, 3.63) is 35.9 Å². The SMILES string of the molecule is COC(=O)[C@@H]1CCCN1CC(=O)N(CCC(N)=O)Cc1ccccc1. The minimum absolute atomic E-state index is 0.110. The molecule has 0 radical (unpaired) electrons. The van der Waals surface area contributed by atoms with E-state index in [2.05, 4.69) is 0 Å². The number of hydrogen-bond acceptors (Lipinski definition) is 5. The Kier molecular flexibility index (Phi) is 6.94. The smallest absolute Gasteiger partial charge is 0.323 e. The van der Waals surface area contributed by atoms with Crippen molar-refractivity contribution >= 4 is 17.8 Å². The van der Waals surface area contributed by atoms with Crippen LogP contribution >= 0.6 is 0 Å². The number of likely N-dealkylation sites (tertiary alicyclic amines) is 1. The largest absolute Gasteiger partial charge is 0.468 e. The van der Waals surface area contributed by atoms with Crippen LogP contribution < -0.4 is 5.73 Å². The first-order chi connectivity index (χ1) is 12.0. The molecule has 2 amide bonds. The van der Waals surface area contributed by atoms with Gasteiger partial charge >= 0.3 is 5.97 Å². The van der Waals surface area contributed by atoms with E-state index in [9.17, 15) is 14.4 Å². The average molecular weight is 347 g/mol. The van der Waals surface area contributed by atoms with Gasteiger partial charge in [-0.05, 0) is 24.9 Å². The molecule has 0 spiro atoms. The van der Waals surface area contributed by atoms with Crippen LogP contribution in [0.15, 0.2) is 30.3 Å². The van der Waals surface area contributed by atoms with Crippen LogP contribution in [0.3, 0.4) is 0 Å². The van der Waals surface area contributed by atoms with Gasteiger partial charge in [0.2, 0.25) is 11.8 Å². The summed E-state index contributed by atoms with van der Waals surface area (Å²) in [6.07, 6.45) is 1.66. The molecule has 1 aliphatic heterocycles. The maximum atomic E-state index is 12.8. The molecule has 1 heterocycles. The third-order valence-electron chi connectivity index (χ3n) is 4.37. The molecular formula is C18H25N3O4. The highest BCUT2D eigenvalue weighted by Crippen LogP contribution is 2.18. The normalized spacial score (nSPS) is 17.2. The first-order valence-electron chi connectivity index (χ1n) is 8.43. The maximum absolute atomic E-state index is 12.8. The zero-order valence-electron chi connectivity index (χ0n) is 14.5. The fourth-order valence-electron chi connectivity index (χ4n) is 3.03. The number of benzene rings is 1. The van der Waals surface area contributed by atoms with Crippen molar-refractivity contribution in [1.82, 2.24) is 9.80 Å². The third-order valence-corrected chi connectivity index (χ3v) is 4.37. The van der Waals surface area contributed by atoms with Crippen LogP contribution in [0.5, 0.6) is 0 Å². The number of primary amides is 1. The molecule has 25 heavy (non-hydrogen) atoms. The summed E-state index contributed by atoms with van der Waals surface area (Å²) in [6.45, 7) is 1.48. The van der Waals surface area contributed by atoms with Crippen molar-refractivity contribution in [2.75, 3.05) is 26.7 Å². The van der Waals surface area contributed by atoms with Crippen LogP contribution in [0, 0.1) is 0 Å². The van der Waals surface area contributed by atoms with Gasteiger partial charge in [-0.25, -0.2) is 0 Å². The standard InChI is InChI=1S/C18H25N3O4/c1-25-18(24)15-8-5-10-20(15)13-17(23)21(11-9-16(19)22)12-14-6-3-2-4-7-14/h2-4,6-7,15H,5,8-13H2,1H3,(H2,19,22)/t15-/m0/s1. The minimum atomic E-state index is -0.445. The van der Waals surface area contributed by atoms with Crippen LogP contribution in [0.2, 0.25) is 0 Å². The van der Waals surface area contributed by atoms with Gasteiger partial charge in [0.1, 0.15) is 6.04 Å². The van der Waals surface area contributed by atoms with Gasteiger partial charge in [0.25, 0.3) is 0 Å². The molecule has 0 saturated carbocycles. The number of hydrogen-bond donors (Lipinski definition) is 1. The molecule has 1 aliphatic rings. The fourth-order valence-corrected chi connectivity index (χ4v) is 3.03. The van der Waals surface area contributed by atoms with Crippen molar-refractivity contribution in [2.24, 2.45) is 5.73 Å². The van der Waals surface area contributed by atoms with Gasteiger partial charge < -0.3 is 15.4 Å². The van der Waals surface area contributed by atoms with E-state index in [0.717, 1.165) is 12.0 Å². The van der Waals surface area contributed by atoms with E-state index in [1.807, 2.05) is 35.2 Å². The molecule has 0 aromatic heterocycles. The van der Waals surface area contributed by atoms with Gasteiger partial charge in [-0.15, -0.1) is 0 Å². The first kappa shape index (κ1) is 18.9. The summed E-state index contributed by atoms with van der Waals surface area (Å²) >= 11 is 0. The quantitative estimate of drug-likeness (QED) is 0.693. The second-order valence-electron chi connectivity index (χ2n) is 6.17. The molecule has 7 nitrogen and oxygen atoms in total. The number of rotatable bonds is 8. The van der Waals surface area contributed by atoms with Crippen molar-refractivity contribution in [3.63, 3.8) is 0 Å². The summed E-state index contributed by atoms with van der Waals surface area (Å²) in [5.74, 6) is -0.877. The van der Waals surface area contributed by atoms with Crippen molar-refractivity contribution in [1.29, 1.82) is 0 Å². The van der Waals surface area contributed by atoms with E-state index >= 15 is 0 Å². The van der Waals surface area contributed by atoms with Gasteiger partial charge in [0.05, 0.1) is 13.7 Å². The van der Waals surface area contributed by atoms with Crippen molar-refractivity contribution < 1.29 is 19.1 Å². The summed E-state index contributed by atoms with van der Waals surface area (Å²) in [5.41, 5.74) is 6.21. The topological polar surface area (TPSA) is 92.9 Å². The molecule has 0 unspecified atom stereocenters. The molecule has 136 valence electrons. The zero-order valence-corrected chi connectivity index (χ0v) is 14.5. The lowest BCUT2D eigenvalue weighted by molar-refractivity contribution is -0.146. The predicted molar refractivity (Wildman–Crippen MR) is 92.3 cm³/mol. The fraction of sp³-hybridized carbons (Fsp3) is 0.500. The maximum Gasteiger partial charge on any atom is 0.323 e. The Morgan fingerprint density at radius 3 is 2.64 bits per heavy atom. The molecule has 2 rings (SSSR count). The van der Waals surface area contributed by atoms with Gasteiger partial charge in [0.15, 0.2) is 0 Å². The monoisotopic (exact) mass is 347 g/mol. The zero-order chi connectivity index (χ0) is 18.2. The molecule has 7 heteroatoms. The Balaban J connectivity index is 2.03. The van der Waals surface area contributed by atoms with E-state index in [1.165, 1.54) is 7.11 Å². The molecule has 0 aliphatic carbocycles. The lowest BCUT2D eigenvalue weighted by Gasteiger charge is -2.27. The lowest BCUT2D eigenvalue weighted by Crippen LogP contribution is -2.45. The number of amides is 2. The van der Waals surface area contributed by atoms with E-state index in [1.54, 1.807) is 4.90 Å². The van der Waals surface area contributed by atoms with E-state index in [0.29, 0.717) is 19.5 Å². The van der Waals surface area contributed by atoms with Crippen molar-refractivity contribution in [3.8, 4) is 0 Å².